The number of nitrogens with one attached hydrogen (secondary N) is 1. The van der Waals surface area contributed by atoms with E-state index in [9.17, 15) is 4.79 Å². The van der Waals surface area contributed by atoms with Crippen LogP contribution in [0.5, 0.6) is 0 Å². The summed E-state index contributed by atoms with van der Waals surface area (Å²) in [5, 5.41) is 2.43. The molecule has 1 amide bonds. The molecule has 0 saturated carbocycles. The first-order valence-corrected chi connectivity index (χ1v) is 5.39. The number of alkyl halides is 1. The van der Waals surface area contributed by atoms with Crippen molar-refractivity contribution >= 4 is 17.5 Å². The summed E-state index contributed by atoms with van der Waals surface area (Å²) in [6, 6.07) is 0. The van der Waals surface area contributed by atoms with Crippen molar-refractivity contribution in [2.24, 2.45) is 0 Å². The molecule has 0 aromatic heterocycles. The van der Waals surface area contributed by atoms with Gasteiger partial charge in [-0.25, -0.2) is 0 Å². The van der Waals surface area contributed by atoms with E-state index < -0.39 is 0 Å². The van der Waals surface area contributed by atoms with Gasteiger partial charge in [-0.1, -0.05) is 51.1 Å². The highest BCUT2D eigenvalue weighted by Gasteiger charge is 1.93. The van der Waals surface area contributed by atoms with Crippen LogP contribution >= 0.6 is 11.6 Å². The van der Waals surface area contributed by atoms with Crippen molar-refractivity contribution in [3.8, 4) is 0 Å². The molecule has 0 bridgehead atoms. The number of hydrogen-bond donors (Lipinski definition) is 1. The first-order chi connectivity index (χ1) is 6.04. The SMILES string of the molecule is CC(=O)NC(C)Cl.CCCCCC. The van der Waals surface area contributed by atoms with E-state index in [1.54, 1.807) is 6.92 Å². The van der Waals surface area contributed by atoms with E-state index in [-0.39, 0.29) is 11.4 Å². The Bertz CT molecular complexity index is 111. The Morgan fingerprint density at radius 3 is 1.77 bits per heavy atom. The van der Waals surface area contributed by atoms with Gasteiger partial charge in [0.2, 0.25) is 5.91 Å². The van der Waals surface area contributed by atoms with Crippen LogP contribution < -0.4 is 5.32 Å². The lowest BCUT2D eigenvalue weighted by atomic mass is 10.2. The Morgan fingerprint density at radius 1 is 1.31 bits per heavy atom. The molecule has 0 rings (SSSR count). The molecule has 1 unspecified atom stereocenters. The van der Waals surface area contributed by atoms with Crippen molar-refractivity contribution in [2.45, 2.75) is 58.9 Å². The maximum atomic E-state index is 10.1. The zero-order valence-corrected chi connectivity index (χ0v) is 9.95. The minimum absolute atomic E-state index is 0.0949. The molecular weight excluding hydrogens is 186 g/mol. The highest BCUT2D eigenvalue weighted by Crippen LogP contribution is 1.95. The number of carbonyl (C=O) groups is 1. The van der Waals surface area contributed by atoms with Gasteiger partial charge >= 0.3 is 0 Å². The van der Waals surface area contributed by atoms with Crippen LogP contribution in [-0.2, 0) is 4.79 Å². The molecule has 0 aromatic rings. The molecule has 0 aliphatic rings. The largest absolute Gasteiger partial charge is 0.340 e. The van der Waals surface area contributed by atoms with E-state index in [1.165, 1.54) is 32.6 Å². The Kier molecular flexibility index (Phi) is 13.8. The van der Waals surface area contributed by atoms with Gasteiger partial charge in [0.05, 0.1) is 0 Å². The standard InChI is InChI=1S/C6H14.C4H8ClNO/c1-3-5-6-4-2;1-3(5)6-4(2)7/h3-6H2,1-2H3;3H,1-2H3,(H,6,7). The third kappa shape index (κ3) is 24.5. The Hall–Kier alpha value is -0.240. The second kappa shape index (κ2) is 11.8. The summed E-state index contributed by atoms with van der Waals surface area (Å²) < 4.78 is 0. The van der Waals surface area contributed by atoms with Crippen LogP contribution in [-0.4, -0.2) is 11.4 Å². The molecular formula is C10H22ClNO. The summed E-state index contributed by atoms with van der Waals surface area (Å²) in [5.74, 6) is -0.0949. The van der Waals surface area contributed by atoms with E-state index in [0.29, 0.717) is 0 Å². The molecule has 1 atom stereocenters. The highest BCUT2D eigenvalue weighted by molar-refractivity contribution is 6.20. The normalized spacial score (nSPS) is 11.2. The first kappa shape index (κ1) is 15.2. The molecule has 13 heavy (non-hydrogen) atoms. The lowest BCUT2D eigenvalue weighted by molar-refractivity contribution is -0.119. The van der Waals surface area contributed by atoms with Gasteiger partial charge in [-0.2, -0.15) is 0 Å². The van der Waals surface area contributed by atoms with Gasteiger partial charge in [-0.05, 0) is 6.92 Å². The number of carbonyl (C=O) groups excluding carboxylic acids is 1. The maximum absolute atomic E-state index is 10.1. The summed E-state index contributed by atoms with van der Waals surface area (Å²) in [4.78, 5) is 10.1. The van der Waals surface area contributed by atoms with Crippen LogP contribution in [0.3, 0.4) is 0 Å². The summed E-state index contributed by atoms with van der Waals surface area (Å²) >= 11 is 5.34. The quantitative estimate of drug-likeness (QED) is 0.428. The van der Waals surface area contributed by atoms with Gasteiger partial charge in [0.15, 0.2) is 0 Å². The molecule has 1 N–H and O–H groups in total. The lowest BCUT2D eigenvalue weighted by Crippen LogP contribution is -2.25. The van der Waals surface area contributed by atoms with Crippen LogP contribution in [0, 0.1) is 0 Å². The van der Waals surface area contributed by atoms with E-state index >= 15 is 0 Å². The van der Waals surface area contributed by atoms with Crippen molar-refractivity contribution in [3.05, 3.63) is 0 Å². The monoisotopic (exact) mass is 207 g/mol. The Morgan fingerprint density at radius 2 is 1.69 bits per heavy atom. The second-order valence-electron chi connectivity index (χ2n) is 3.02. The number of hydrogen-bond acceptors (Lipinski definition) is 1. The lowest BCUT2D eigenvalue weighted by Gasteiger charge is -1.99. The van der Waals surface area contributed by atoms with Crippen LogP contribution in [0.25, 0.3) is 0 Å². The van der Waals surface area contributed by atoms with Crippen LogP contribution in [0.4, 0.5) is 0 Å². The third-order valence-electron chi connectivity index (χ3n) is 1.36. The summed E-state index contributed by atoms with van der Waals surface area (Å²) in [7, 11) is 0. The van der Waals surface area contributed by atoms with Crippen LogP contribution in [0.2, 0.25) is 0 Å². The molecule has 3 heteroatoms. The van der Waals surface area contributed by atoms with Gasteiger partial charge in [-0.15, -0.1) is 0 Å². The summed E-state index contributed by atoms with van der Waals surface area (Å²) in [5.41, 5.74) is -0.252. The van der Waals surface area contributed by atoms with Gasteiger partial charge in [0.1, 0.15) is 5.50 Å². The van der Waals surface area contributed by atoms with Gasteiger partial charge in [0, 0.05) is 6.92 Å². The molecule has 0 aliphatic heterocycles. The molecule has 0 radical (unpaired) electrons. The van der Waals surface area contributed by atoms with Crippen molar-refractivity contribution in [1.29, 1.82) is 0 Å². The van der Waals surface area contributed by atoms with Gasteiger partial charge < -0.3 is 5.32 Å². The highest BCUT2D eigenvalue weighted by atomic mass is 35.5. The maximum Gasteiger partial charge on any atom is 0.218 e. The fourth-order valence-corrected chi connectivity index (χ4v) is 0.934. The number of amides is 1. The smallest absolute Gasteiger partial charge is 0.218 e. The minimum Gasteiger partial charge on any atom is -0.340 e. The average Bonchev–Trinajstić information content (AvgIpc) is 1.99. The van der Waals surface area contributed by atoms with Crippen molar-refractivity contribution < 1.29 is 4.79 Å². The summed E-state index contributed by atoms with van der Waals surface area (Å²) in [6.45, 7) is 7.59. The fraction of sp³-hybridized carbons (Fsp3) is 0.900. The molecule has 0 fully saturated rings. The van der Waals surface area contributed by atoms with Crippen molar-refractivity contribution in [2.75, 3.05) is 0 Å². The van der Waals surface area contributed by atoms with Crippen molar-refractivity contribution in [1.82, 2.24) is 5.32 Å². The van der Waals surface area contributed by atoms with Crippen molar-refractivity contribution in [3.63, 3.8) is 0 Å². The molecule has 0 heterocycles. The molecule has 0 aliphatic carbocycles. The van der Waals surface area contributed by atoms with E-state index in [4.69, 9.17) is 11.6 Å². The first-order valence-electron chi connectivity index (χ1n) is 4.95. The molecule has 0 saturated heterocycles. The van der Waals surface area contributed by atoms with Crippen LogP contribution in [0.15, 0.2) is 0 Å². The Balaban J connectivity index is 0. The van der Waals surface area contributed by atoms with Gasteiger partial charge in [0.25, 0.3) is 0 Å². The molecule has 0 aromatic carbocycles. The predicted octanol–water partition coefficient (Wildman–Crippen LogP) is 3.29. The molecule has 2 nitrogen and oxygen atoms in total. The average molecular weight is 208 g/mol. The van der Waals surface area contributed by atoms with E-state index in [1.807, 2.05) is 0 Å². The number of unbranched alkanes of at least 4 members (excludes halogenated alkanes) is 3. The zero-order chi connectivity index (χ0) is 10.7. The summed E-state index contributed by atoms with van der Waals surface area (Å²) in [6.07, 6.45) is 5.54. The number of rotatable bonds is 4. The number of halogens is 1. The second-order valence-corrected chi connectivity index (χ2v) is 3.68. The third-order valence-corrected chi connectivity index (χ3v) is 1.47. The van der Waals surface area contributed by atoms with Crippen LogP contribution in [0.1, 0.15) is 53.4 Å². The minimum atomic E-state index is -0.252. The zero-order valence-electron chi connectivity index (χ0n) is 9.19. The van der Waals surface area contributed by atoms with E-state index in [0.717, 1.165) is 0 Å². The van der Waals surface area contributed by atoms with E-state index in [2.05, 4.69) is 19.2 Å². The van der Waals surface area contributed by atoms with Gasteiger partial charge in [-0.3, -0.25) is 4.79 Å². The Labute approximate surface area is 87.0 Å². The topological polar surface area (TPSA) is 29.1 Å². The molecule has 0 spiro atoms. The molecule has 80 valence electrons. The predicted molar refractivity (Wildman–Crippen MR) is 58.9 cm³/mol. The fourth-order valence-electron chi connectivity index (χ4n) is 0.780.